The molecule has 0 aromatic carbocycles. The molecule has 0 spiro atoms. The van der Waals surface area contributed by atoms with Crippen molar-refractivity contribution in [2.75, 3.05) is 25.4 Å². The molecule has 1 aliphatic heterocycles. The Hall–Kier alpha value is -0.620. The van der Waals surface area contributed by atoms with Crippen LogP contribution in [0, 0.1) is 0 Å². The minimum absolute atomic E-state index is 0.0218. The third kappa shape index (κ3) is 2.95. The average Bonchev–Trinajstić information content (AvgIpc) is 2.15. The van der Waals surface area contributed by atoms with E-state index in [2.05, 4.69) is 5.32 Å². The lowest BCUT2D eigenvalue weighted by atomic mass is 10.4. The van der Waals surface area contributed by atoms with Gasteiger partial charge in [0.1, 0.15) is 0 Å². The van der Waals surface area contributed by atoms with Gasteiger partial charge in [0, 0.05) is 13.1 Å². The molecule has 1 amide bonds. The highest BCUT2D eigenvalue weighted by atomic mass is 32.2. The molecule has 0 aromatic heterocycles. The summed E-state index contributed by atoms with van der Waals surface area (Å²) in [5, 5.41) is 2.60. The monoisotopic (exact) mass is 220 g/mol. The Morgan fingerprint density at radius 1 is 1.50 bits per heavy atom. The average molecular weight is 220 g/mol. The summed E-state index contributed by atoms with van der Waals surface area (Å²) in [5.74, 6) is -0.0622. The minimum Gasteiger partial charge on any atom is -0.354 e. The van der Waals surface area contributed by atoms with Gasteiger partial charge in [-0.1, -0.05) is 13.3 Å². The molecule has 14 heavy (non-hydrogen) atoms. The molecular weight excluding hydrogens is 204 g/mol. The third-order valence-electron chi connectivity index (χ3n) is 2.15. The van der Waals surface area contributed by atoms with Crippen LogP contribution in [-0.4, -0.2) is 44.0 Å². The van der Waals surface area contributed by atoms with Gasteiger partial charge in [-0.05, 0) is 6.42 Å². The normalized spacial score (nSPS) is 19.4. The van der Waals surface area contributed by atoms with Gasteiger partial charge >= 0.3 is 0 Å². The molecule has 0 saturated carbocycles. The van der Waals surface area contributed by atoms with Crippen molar-refractivity contribution in [1.82, 2.24) is 9.62 Å². The quantitative estimate of drug-likeness (QED) is 0.697. The SMILES string of the molecule is CCCCS(=O)(=O)N1CCNC(=O)C1. The van der Waals surface area contributed by atoms with Gasteiger partial charge in [0.2, 0.25) is 15.9 Å². The summed E-state index contributed by atoms with van der Waals surface area (Å²) >= 11 is 0. The number of nitrogens with one attached hydrogen (secondary N) is 1. The minimum atomic E-state index is -3.21. The Kier molecular flexibility index (Phi) is 3.88. The highest BCUT2D eigenvalue weighted by Crippen LogP contribution is 2.06. The van der Waals surface area contributed by atoms with Gasteiger partial charge in [0.05, 0.1) is 12.3 Å². The molecule has 0 radical (unpaired) electrons. The van der Waals surface area contributed by atoms with E-state index in [9.17, 15) is 13.2 Å². The fourth-order valence-electron chi connectivity index (χ4n) is 1.31. The van der Waals surface area contributed by atoms with E-state index >= 15 is 0 Å². The number of carbonyl (C=O) groups excluding carboxylic acids is 1. The number of sulfonamides is 1. The lowest BCUT2D eigenvalue weighted by molar-refractivity contribution is -0.122. The summed E-state index contributed by atoms with van der Waals surface area (Å²) in [6, 6.07) is 0. The van der Waals surface area contributed by atoms with Crippen LogP contribution in [0.15, 0.2) is 0 Å². The largest absolute Gasteiger partial charge is 0.354 e. The number of rotatable bonds is 4. The fraction of sp³-hybridized carbons (Fsp3) is 0.875. The van der Waals surface area contributed by atoms with E-state index in [1.54, 1.807) is 0 Å². The molecule has 1 saturated heterocycles. The van der Waals surface area contributed by atoms with Crippen LogP contribution in [0.5, 0.6) is 0 Å². The zero-order valence-corrected chi connectivity index (χ0v) is 9.14. The van der Waals surface area contributed by atoms with Crippen LogP contribution in [0.3, 0.4) is 0 Å². The Balaban J connectivity index is 2.57. The summed E-state index contributed by atoms with van der Waals surface area (Å²) in [6.07, 6.45) is 1.50. The molecule has 0 atom stereocenters. The van der Waals surface area contributed by atoms with Crippen molar-refractivity contribution in [3.8, 4) is 0 Å². The lowest BCUT2D eigenvalue weighted by Crippen LogP contribution is -2.50. The number of carbonyl (C=O) groups is 1. The van der Waals surface area contributed by atoms with Gasteiger partial charge < -0.3 is 5.32 Å². The second kappa shape index (κ2) is 4.75. The lowest BCUT2D eigenvalue weighted by Gasteiger charge is -2.25. The van der Waals surface area contributed by atoms with E-state index in [0.29, 0.717) is 19.5 Å². The predicted octanol–water partition coefficient (Wildman–Crippen LogP) is -0.452. The summed E-state index contributed by atoms with van der Waals surface area (Å²) in [4.78, 5) is 11.0. The summed E-state index contributed by atoms with van der Waals surface area (Å²) in [7, 11) is -3.21. The van der Waals surface area contributed by atoms with Crippen LogP contribution in [0.2, 0.25) is 0 Å². The van der Waals surface area contributed by atoms with Gasteiger partial charge in [-0.3, -0.25) is 4.79 Å². The summed E-state index contributed by atoms with van der Waals surface area (Å²) < 4.78 is 24.5. The molecule has 1 aliphatic rings. The zero-order chi connectivity index (χ0) is 10.6. The Bertz CT molecular complexity index is 300. The molecule has 0 bridgehead atoms. The molecule has 1 N–H and O–H groups in total. The molecule has 0 unspecified atom stereocenters. The number of amides is 1. The third-order valence-corrected chi connectivity index (χ3v) is 4.06. The van der Waals surface area contributed by atoms with Gasteiger partial charge in [0.15, 0.2) is 0 Å². The van der Waals surface area contributed by atoms with E-state index in [1.807, 2.05) is 6.92 Å². The molecule has 6 heteroatoms. The molecule has 1 fully saturated rings. The number of hydrogen-bond donors (Lipinski definition) is 1. The second-order valence-electron chi connectivity index (χ2n) is 3.35. The highest BCUT2D eigenvalue weighted by Gasteiger charge is 2.26. The van der Waals surface area contributed by atoms with E-state index in [0.717, 1.165) is 6.42 Å². The van der Waals surface area contributed by atoms with Gasteiger partial charge in [0.25, 0.3) is 0 Å². The Morgan fingerprint density at radius 3 is 2.79 bits per heavy atom. The van der Waals surface area contributed by atoms with E-state index in [-0.39, 0.29) is 18.2 Å². The molecule has 1 heterocycles. The Labute approximate surface area is 84.5 Å². The predicted molar refractivity (Wildman–Crippen MR) is 53.3 cm³/mol. The van der Waals surface area contributed by atoms with Crippen molar-refractivity contribution in [2.24, 2.45) is 0 Å². The number of hydrogen-bond acceptors (Lipinski definition) is 3. The number of unbranched alkanes of at least 4 members (excludes halogenated alkanes) is 1. The molecule has 0 aliphatic carbocycles. The van der Waals surface area contributed by atoms with Crippen molar-refractivity contribution in [3.63, 3.8) is 0 Å². The zero-order valence-electron chi connectivity index (χ0n) is 8.32. The van der Waals surface area contributed by atoms with Crippen molar-refractivity contribution < 1.29 is 13.2 Å². The van der Waals surface area contributed by atoms with Crippen molar-refractivity contribution in [1.29, 1.82) is 0 Å². The van der Waals surface area contributed by atoms with E-state index < -0.39 is 10.0 Å². The van der Waals surface area contributed by atoms with Crippen molar-refractivity contribution in [2.45, 2.75) is 19.8 Å². The topological polar surface area (TPSA) is 66.5 Å². The van der Waals surface area contributed by atoms with E-state index in [1.165, 1.54) is 4.31 Å². The highest BCUT2D eigenvalue weighted by molar-refractivity contribution is 7.89. The van der Waals surface area contributed by atoms with Crippen LogP contribution in [0.25, 0.3) is 0 Å². The summed E-state index contributed by atoms with van der Waals surface area (Å²) in [6.45, 7) is 2.74. The van der Waals surface area contributed by atoms with Crippen LogP contribution >= 0.6 is 0 Å². The maximum atomic E-state index is 11.6. The van der Waals surface area contributed by atoms with Crippen LogP contribution < -0.4 is 5.32 Å². The van der Waals surface area contributed by atoms with Crippen LogP contribution in [0.1, 0.15) is 19.8 Å². The van der Waals surface area contributed by atoms with Gasteiger partial charge in [-0.2, -0.15) is 4.31 Å². The fourth-order valence-corrected chi connectivity index (χ4v) is 2.90. The smallest absolute Gasteiger partial charge is 0.235 e. The van der Waals surface area contributed by atoms with Crippen LogP contribution in [0.4, 0.5) is 0 Å². The van der Waals surface area contributed by atoms with Gasteiger partial charge in [-0.15, -0.1) is 0 Å². The maximum absolute atomic E-state index is 11.6. The number of nitrogens with zero attached hydrogens (tertiary/aromatic N) is 1. The van der Waals surface area contributed by atoms with Crippen LogP contribution in [-0.2, 0) is 14.8 Å². The maximum Gasteiger partial charge on any atom is 0.235 e. The number of piperazine rings is 1. The van der Waals surface area contributed by atoms with Gasteiger partial charge in [-0.25, -0.2) is 8.42 Å². The standard InChI is InChI=1S/C8H16N2O3S/c1-2-3-6-14(12,13)10-5-4-9-8(11)7-10/h2-7H2,1H3,(H,9,11). The van der Waals surface area contributed by atoms with Crippen molar-refractivity contribution in [3.05, 3.63) is 0 Å². The summed E-state index contributed by atoms with van der Waals surface area (Å²) in [5.41, 5.74) is 0. The second-order valence-corrected chi connectivity index (χ2v) is 5.44. The molecule has 5 nitrogen and oxygen atoms in total. The first-order valence-corrected chi connectivity index (χ1v) is 6.41. The molecule has 82 valence electrons. The first-order chi connectivity index (χ1) is 6.56. The van der Waals surface area contributed by atoms with Crippen molar-refractivity contribution >= 4 is 15.9 Å². The van der Waals surface area contributed by atoms with E-state index in [4.69, 9.17) is 0 Å². The molecule has 1 rings (SSSR count). The first-order valence-electron chi connectivity index (χ1n) is 4.81. The Morgan fingerprint density at radius 2 is 2.21 bits per heavy atom. The molecular formula is C8H16N2O3S. The first kappa shape index (κ1) is 11.5. The molecule has 0 aromatic rings.